The van der Waals surface area contributed by atoms with Crippen LogP contribution in [-0.4, -0.2) is 35.2 Å². The van der Waals surface area contributed by atoms with E-state index in [-0.39, 0.29) is 23.8 Å². The van der Waals surface area contributed by atoms with Crippen molar-refractivity contribution in [3.63, 3.8) is 0 Å². The van der Waals surface area contributed by atoms with Gasteiger partial charge in [0.15, 0.2) is 0 Å². The van der Waals surface area contributed by atoms with Gasteiger partial charge in [-0.05, 0) is 50.1 Å². The summed E-state index contributed by atoms with van der Waals surface area (Å²) in [6.45, 7) is 2.51. The molecule has 0 radical (unpaired) electrons. The van der Waals surface area contributed by atoms with Gasteiger partial charge in [0, 0.05) is 22.3 Å². The third-order valence-corrected chi connectivity index (χ3v) is 7.79. The Labute approximate surface area is 178 Å². The van der Waals surface area contributed by atoms with E-state index in [9.17, 15) is 14.4 Å². The third kappa shape index (κ3) is 1.92. The standard InChI is InChI=1S/C23H20ClN3O3/c1-12-14(24)7-4-9-16(12)27-20(28)18-17-10-5-11-26(17)23(19(18)21(27)29)13-6-2-3-8-15(13)25-22(23)30/h2-4,6-9,17-19H,5,10-11H2,1H3,(H,25,30)/t17-,18-,19-,23+/m0/s1. The molecule has 2 aromatic carbocycles. The van der Waals surface area contributed by atoms with Gasteiger partial charge in [-0.25, -0.2) is 4.90 Å². The summed E-state index contributed by atoms with van der Waals surface area (Å²) in [5.74, 6) is -2.00. The minimum absolute atomic E-state index is 0.118. The average Bonchev–Trinajstić information content (AvgIpc) is 3.43. The lowest BCUT2D eigenvalue weighted by molar-refractivity contribution is -0.135. The predicted molar refractivity (Wildman–Crippen MR) is 112 cm³/mol. The number of nitrogens with one attached hydrogen (secondary N) is 1. The number of hydrogen-bond donors (Lipinski definition) is 1. The molecule has 3 amide bonds. The second-order valence-electron chi connectivity index (χ2n) is 8.57. The Hall–Kier alpha value is -2.70. The first-order valence-corrected chi connectivity index (χ1v) is 10.7. The van der Waals surface area contributed by atoms with E-state index in [1.807, 2.05) is 31.2 Å². The maximum atomic E-state index is 13.9. The number of hydrogen-bond acceptors (Lipinski definition) is 4. The lowest BCUT2D eigenvalue weighted by Gasteiger charge is -2.36. The van der Waals surface area contributed by atoms with Crippen LogP contribution in [0.5, 0.6) is 0 Å². The lowest BCUT2D eigenvalue weighted by Crippen LogP contribution is -2.54. The summed E-state index contributed by atoms with van der Waals surface area (Å²) >= 11 is 6.29. The van der Waals surface area contributed by atoms with Gasteiger partial charge in [-0.1, -0.05) is 35.9 Å². The van der Waals surface area contributed by atoms with Gasteiger partial charge >= 0.3 is 0 Å². The monoisotopic (exact) mass is 421 g/mol. The van der Waals surface area contributed by atoms with Crippen molar-refractivity contribution in [3.8, 4) is 0 Å². The molecule has 4 aliphatic rings. The number of benzene rings is 2. The van der Waals surface area contributed by atoms with Crippen LogP contribution in [0.25, 0.3) is 0 Å². The van der Waals surface area contributed by atoms with Gasteiger partial charge in [-0.15, -0.1) is 0 Å². The molecule has 6 rings (SSSR count). The summed E-state index contributed by atoms with van der Waals surface area (Å²) in [7, 11) is 0. The average molecular weight is 422 g/mol. The van der Waals surface area contributed by atoms with Crippen molar-refractivity contribution in [2.24, 2.45) is 11.8 Å². The highest BCUT2D eigenvalue weighted by molar-refractivity contribution is 6.32. The quantitative estimate of drug-likeness (QED) is 0.718. The summed E-state index contributed by atoms with van der Waals surface area (Å²) in [6, 6.07) is 12.7. The molecule has 1 spiro atoms. The molecule has 0 bridgehead atoms. The van der Waals surface area contributed by atoms with Crippen LogP contribution in [0.1, 0.15) is 24.0 Å². The molecule has 3 saturated heterocycles. The topological polar surface area (TPSA) is 69.7 Å². The molecule has 7 heteroatoms. The highest BCUT2D eigenvalue weighted by Crippen LogP contribution is 2.60. The number of amides is 3. The Morgan fingerprint density at radius 1 is 1.07 bits per heavy atom. The molecule has 4 aliphatic heterocycles. The van der Waals surface area contributed by atoms with E-state index in [0.717, 1.165) is 24.1 Å². The molecule has 0 aliphatic carbocycles. The molecule has 30 heavy (non-hydrogen) atoms. The zero-order valence-electron chi connectivity index (χ0n) is 16.4. The van der Waals surface area contributed by atoms with Crippen LogP contribution in [0, 0.1) is 18.8 Å². The largest absolute Gasteiger partial charge is 0.324 e. The van der Waals surface area contributed by atoms with E-state index < -0.39 is 17.4 Å². The minimum Gasteiger partial charge on any atom is -0.324 e. The fraction of sp³-hybridized carbons (Fsp3) is 0.348. The molecular weight excluding hydrogens is 402 g/mol. The van der Waals surface area contributed by atoms with Crippen LogP contribution < -0.4 is 10.2 Å². The Kier molecular flexibility index (Phi) is 3.58. The van der Waals surface area contributed by atoms with E-state index in [1.165, 1.54) is 4.90 Å². The van der Waals surface area contributed by atoms with Gasteiger partial charge in [-0.3, -0.25) is 19.3 Å². The van der Waals surface area contributed by atoms with Crippen molar-refractivity contribution in [3.05, 3.63) is 58.6 Å². The molecule has 0 saturated carbocycles. The van der Waals surface area contributed by atoms with Crippen molar-refractivity contribution in [2.75, 3.05) is 16.8 Å². The van der Waals surface area contributed by atoms with Gasteiger partial charge in [0.05, 0.1) is 17.5 Å². The SMILES string of the molecule is Cc1c(Cl)cccc1N1C(=O)[C@@H]2[C@@H](C1=O)[C@]1(C(=O)Nc3ccccc31)N1CCC[C@@H]21. The van der Waals surface area contributed by atoms with Gasteiger partial charge in [0.2, 0.25) is 17.7 Å². The van der Waals surface area contributed by atoms with Crippen LogP contribution in [0.4, 0.5) is 11.4 Å². The molecule has 3 fully saturated rings. The van der Waals surface area contributed by atoms with Crippen molar-refractivity contribution in [2.45, 2.75) is 31.3 Å². The fourth-order valence-corrected chi connectivity index (χ4v) is 6.40. The molecule has 6 nitrogen and oxygen atoms in total. The van der Waals surface area contributed by atoms with Crippen molar-refractivity contribution < 1.29 is 14.4 Å². The second kappa shape index (κ2) is 5.93. The zero-order chi connectivity index (χ0) is 20.8. The van der Waals surface area contributed by atoms with E-state index in [0.29, 0.717) is 22.8 Å². The number of nitrogens with zero attached hydrogens (tertiary/aromatic N) is 2. The third-order valence-electron chi connectivity index (χ3n) is 7.38. The van der Waals surface area contributed by atoms with Crippen LogP contribution in [0.2, 0.25) is 5.02 Å². The van der Waals surface area contributed by atoms with Crippen molar-refractivity contribution in [1.82, 2.24) is 4.90 Å². The van der Waals surface area contributed by atoms with Gasteiger partial charge in [0.1, 0.15) is 5.54 Å². The number of para-hydroxylation sites is 1. The maximum absolute atomic E-state index is 13.9. The zero-order valence-corrected chi connectivity index (χ0v) is 17.1. The molecule has 4 heterocycles. The number of anilines is 2. The van der Waals surface area contributed by atoms with E-state index >= 15 is 0 Å². The highest BCUT2D eigenvalue weighted by atomic mass is 35.5. The first-order valence-electron chi connectivity index (χ1n) is 10.3. The summed E-state index contributed by atoms with van der Waals surface area (Å²) in [4.78, 5) is 44.4. The molecular formula is C23H20ClN3O3. The van der Waals surface area contributed by atoms with Gasteiger partial charge in [-0.2, -0.15) is 0 Å². The maximum Gasteiger partial charge on any atom is 0.250 e. The minimum atomic E-state index is -1.13. The number of imide groups is 1. The van der Waals surface area contributed by atoms with E-state index in [2.05, 4.69) is 10.2 Å². The van der Waals surface area contributed by atoms with Crippen molar-refractivity contribution in [1.29, 1.82) is 0 Å². The molecule has 152 valence electrons. The first-order chi connectivity index (χ1) is 14.5. The number of rotatable bonds is 1. The summed E-state index contributed by atoms with van der Waals surface area (Å²) in [6.07, 6.45) is 1.71. The van der Waals surface area contributed by atoms with Gasteiger partial charge < -0.3 is 5.32 Å². The molecule has 2 aromatic rings. The highest BCUT2D eigenvalue weighted by Gasteiger charge is 2.74. The Morgan fingerprint density at radius 3 is 2.70 bits per heavy atom. The molecule has 1 N–H and O–H groups in total. The smallest absolute Gasteiger partial charge is 0.250 e. The van der Waals surface area contributed by atoms with Gasteiger partial charge in [0.25, 0.3) is 0 Å². The fourth-order valence-electron chi connectivity index (χ4n) is 6.23. The van der Waals surface area contributed by atoms with Crippen LogP contribution in [-0.2, 0) is 19.9 Å². The van der Waals surface area contributed by atoms with E-state index in [1.54, 1.807) is 18.2 Å². The van der Waals surface area contributed by atoms with Crippen LogP contribution >= 0.6 is 11.6 Å². The summed E-state index contributed by atoms with van der Waals surface area (Å²) < 4.78 is 0. The predicted octanol–water partition coefficient (Wildman–Crippen LogP) is 3.08. The summed E-state index contributed by atoms with van der Waals surface area (Å²) in [5, 5.41) is 3.49. The number of carbonyl (C=O) groups excluding carboxylic acids is 3. The first kappa shape index (κ1) is 18.1. The van der Waals surface area contributed by atoms with Crippen LogP contribution in [0.3, 0.4) is 0 Å². The second-order valence-corrected chi connectivity index (χ2v) is 8.98. The number of halogens is 1. The Bertz CT molecular complexity index is 1150. The normalized spacial score (nSPS) is 32.0. The molecule has 4 atom stereocenters. The lowest BCUT2D eigenvalue weighted by atomic mass is 9.75. The number of fused-ring (bicyclic) bond motifs is 7. The molecule has 0 unspecified atom stereocenters. The van der Waals surface area contributed by atoms with E-state index in [4.69, 9.17) is 11.6 Å². The summed E-state index contributed by atoms with van der Waals surface area (Å²) in [5.41, 5.74) is 1.61. The Morgan fingerprint density at radius 2 is 1.87 bits per heavy atom. The number of carbonyl (C=O) groups is 3. The van der Waals surface area contributed by atoms with Crippen LogP contribution in [0.15, 0.2) is 42.5 Å². The van der Waals surface area contributed by atoms with Crippen molar-refractivity contribution >= 4 is 40.7 Å². The Balaban J connectivity index is 1.57. The molecule has 0 aromatic heterocycles.